The number of thiophene rings is 1. The second-order valence-electron chi connectivity index (χ2n) is 6.36. The van der Waals surface area contributed by atoms with Crippen molar-refractivity contribution < 1.29 is 9.72 Å². The average Bonchev–Trinajstić information content (AvgIpc) is 3.25. The molecular formula is C20H16N4O3S. The summed E-state index contributed by atoms with van der Waals surface area (Å²) in [4.78, 5) is 23.7. The first-order chi connectivity index (χ1) is 13.5. The molecule has 7 nitrogen and oxygen atoms in total. The fourth-order valence-corrected chi connectivity index (χ4v) is 3.90. The number of non-ortho nitro benzene ring substituents is 1. The normalized spacial score (nSPS) is 10.9. The smallest absolute Gasteiger partial charge is 0.270 e. The highest BCUT2D eigenvalue weighted by atomic mass is 32.1. The van der Waals surface area contributed by atoms with Gasteiger partial charge < -0.3 is 5.32 Å². The van der Waals surface area contributed by atoms with Crippen molar-refractivity contribution in [1.82, 2.24) is 9.78 Å². The van der Waals surface area contributed by atoms with Crippen LogP contribution in [-0.2, 0) is 6.54 Å². The first kappa shape index (κ1) is 17.9. The van der Waals surface area contributed by atoms with Gasteiger partial charge in [-0.15, -0.1) is 11.3 Å². The molecule has 8 heteroatoms. The summed E-state index contributed by atoms with van der Waals surface area (Å²) in [6.45, 7) is 2.42. The van der Waals surface area contributed by atoms with Gasteiger partial charge in [0.05, 0.1) is 22.0 Å². The lowest BCUT2D eigenvalue weighted by molar-refractivity contribution is -0.384. The van der Waals surface area contributed by atoms with Crippen molar-refractivity contribution in [2.24, 2.45) is 0 Å². The zero-order chi connectivity index (χ0) is 19.7. The van der Waals surface area contributed by atoms with E-state index in [4.69, 9.17) is 0 Å². The number of fused-ring (bicyclic) bond motifs is 1. The molecule has 28 heavy (non-hydrogen) atoms. The number of hydrogen-bond acceptors (Lipinski definition) is 5. The van der Waals surface area contributed by atoms with Crippen molar-refractivity contribution >= 4 is 38.8 Å². The Labute approximate surface area is 164 Å². The Balaban J connectivity index is 1.58. The van der Waals surface area contributed by atoms with Gasteiger partial charge in [-0.3, -0.25) is 14.9 Å². The molecule has 0 spiro atoms. The molecule has 0 atom stereocenters. The summed E-state index contributed by atoms with van der Waals surface area (Å²) >= 11 is 1.30. The van der Waals surface area contributed by atoms with Gasteiger partial charge in [-0.05, 0) is 24.6 Å². The Morgan fingerprint density at radius 1 is 1.18 bits per heavy atom. The van der Waals surface area contributed by atoms with Crippen molar-refractivity contribution in [2.75, 3.05) is 5.32 Å². The number of hydrogen-bond donors (Lipinski definition) is 1. The molecule has 0 saturated heterocycles. The number of aromatic nitrogens is 2. The van der Waals surface area contributed by atoms with E-state index in [9.17, 15) is 14.9 Å². The predicted molar refractivity (Wildman–Crippen MR) is 109 cm³/mol. The van der Waals surface area contributed by atoms with Crippen molar-refractivity contribution in [3.8, 4) is 0 Å². The molecule has 140 valence electrons. The van der Waals surface area contributed by atoms with Crippen LogP contribution in [0.4, 0.5) is 11.5 Å². The first-order valence-electron chi connectivity index (χ1n) is 8.57. The molecule has 1 amide bonds. The number of nitrogens with one attached hydrogen (secondary N) is 1. The molecule has 0 aliphatic rings. The second-order valence-corrected chi connectivity index (χ2v) is 7.44. The Morgan fingerprint density at radius 3 is 2.71 bits per heavy atom. The molecule has 0 aliphatic carbocycles. The number of rotatable bonds is 5. The van der Waals surface area contributed by atoms with Crippen LogP contribution in [0, 0.1) is 17.0 Å². The Hall–Kier alpha value is -3.52. The third-order valence-corrected chi connectivity index (χ3v) is 5.37. The van der Waals surface area contributed by atoms with Crippen LogP contribution in [0.3, 0.4) is 0 Å². The number of aryl methyl sites for hydroxylation is 1. The molecule has 2 aromatic heterocycles. The van der Waals surface area contributed by atoms with E-state index >= 15 is 0 Å². The Bertz CT molecular complexity index is 1180. The molecule has 4 aromatic rings. The van der Waals surface area contributed by atoms with Crippen LogP contribution in [0.2, 0.25) is 0 Å². The van der Waals surface area contributed by atoms with Gasteiger partial charge in [0.2, 0.25) is 0 Å². The zero-order valence-corrected chi connectivity index (χ0v) is 15.8. The van der Waals surface area contributed by atoms with E-state index in [1.54, 1.807) is 16.8 Å². The SMILES string of the molecule is Cc1cc(NC(=O)c2cc3cc([N+](=O)[O-])ccc3s2)n(Cc2ccccc2)n1. The molecule has 2 aromatic carbocycles. The summed E-state index contributed by atoms with van der Waals surface area (Å²) in [6, 6.07) is 18.0. The number of nitro benzene ring substituents is 1. The summed E-state index contributed by atoms with van der Waals surface area (Å²) in [5.74, 6) is 0.341. The van der Waals surface area contributed by atoms with E-state index in [0.29, 0.717) is 22.6 Å². The number of anilines is 1. The first-order valence-corrected chi connectivity index (χ1v) is 9.39. The van der Waals surface area contributed by atoms with Gasteiger partial charge in [0.1, 0.15) is 5.82 Å². The Kier molecular flexibility index (Phi) is 4.62. The number of nitrogens with zero attached hydrogens (tertiary/aromatic N) is 3. The molecule has 0 aliphatic heterocycles. The van der Waals surface area contributed by atoms with Crippen molar-refractivity contribution in [3.05, 3.63) is 86.9 Å². The number of carbonyl (C=O) groups is 1. The fraction of sp³-hybridized carbons (Fsp3) is 0.100. The van der Waals surface area contributed by atoms with Crippen LogP contribution in [0.1, 0.15) is 20.9 Å². The molecule has 0 bridgehead atoms. The summed E-state index contributed by atoms with van der Waals surface area (Å²) < 4.78 is 2.57. The quantitative estimate of drug-likeness (QED) is 0.396. The molecule has 4 rings (SSSR count). The number of nitro groups is 1. The van der Waals surface area contributed by atoms with Crippen molar-refractivity contribution in [2.45, 2.75) is 13.5 Å². The lowest BCUT2D eigenvalue weighted by atomic mass is 10.2. The van der Waals surface area contributed by atoms with E-state index in [1.165, 1.54) is 23.5 Å². The lowest BCUT2D eigenvalue weighted by Gasteiger charge is -2.08. The summed E-state index contributed by atoms with van der Waals surface area (Å²) in [5, 5.41) is 19.0. The van der Waals surface area contributed by atoms with Gasteiger partial charge in [-0.1, -0.05) is 30.3 Å². The van der Waals surface area contributed by atoms with E-state index < -0.39 is 4.92 Å². The van der Waals surface area contributed by atoms with E-state index in [0.717, 1.165) is 16.0 Å². The molecule has 0 radical (unpaired) electrons. The van der Waals surface area contributed by atoms with E-state index in [2.05, 4.69) is 10.4 Å². The van der Waals surface area contributed by atoms with Gasteiger partial charge in [0.25, 0.3) is 11.6 Å². The number of carbonyl (C=O) groups excluding carboxylic acids is 1. The van der Waals surface area contributed by atoms with Crippen LogP contribution < -0.4 is 5.32 Å². The van der Waals surface area contributed by atoms with Crippen molar-refractivity contribution in [3.63, 3.8) is 0 Å². The molecule has 1 N–H and O–H groups in total. The largest absolute Gasteiger partial charge is 0.306 e. The minimum Gasteiger partial charge on any atom is -0.306 e. The van der Waals surface area contributed by atoms with E-state index in [-0.39, 0.29) is 11.6 Å². The zero-order valence-electron chi connectivity index (χ0n) is 15.0. The molecule has 0 fully saturated rings. The summed E-state index contributed by atoms with van der Waals surface area (Å²) in [7, 11) is 0. The second kappa shape index (κ2) is 7.24. The van der Waals surface area contributed by atoms with Gasteiger partial charge in [0, 0.05) is 28.3 Å². The standard InChI is InChI=1S/C20H16N4O3S/c1-13-9-19(23(22-13)12-14-5-3-2-4-6-14)21-20(25)18-11-15-10-16(24(26)27)7-8-17(15)28-18/h2-11H,12H2,1H3,(H,21,25). The topological polar surface area (TPSA) is 90.1 Å². The van der Waals surface area contributed by atoms with Gasteiger partial charge >= 0.3 is 0 Å². The third-order valence-electron chi connectivity index (χ3n) is 4.25. The maximum Gasteiger partial charge on any atom is 0.270 e. The highest BCUT2D eigenvalue weighted by molar-refractivity contribution is 7.20. The minimum absolute atomic E-state index is 0.00817. The molecule has 2 heterocycles. The summed E-state index contributed by atoms with van der Waals surface area (Å²) in [5.41, 5.74) is 1.89. The minimum atomic E-state index is -0.443. The number of benzene rings is 2. The van der Waals surface area contributed by atoms with Gasteiger partial charge in [-0.25, -0.2) is 4.68 Å². The van der Waals surface area contributed by atoms with Crippen LogP contribution >= 0.6 is 11.3 Å². The average molecular weight is 392 g/mol. The van der Waals surface area contributed by atoms with Crippen molar-refractivity contribution in [1.29, 1.82) is 0 Å². The van der Waals surface area contributed by atoms with Gasteiger partial charge in [-0.2, -0.15) is 5.10 Å². The van der Waals surface area contributed by atoms with Crippen LogP contribution in [0.5, 0.6) is 0 Å². The molecular weight excluding hydrogens is 376 g/mol. The van der Waals surface area contributed by atoms with Crippen LogP contribution in [0.25, 0.3) is 10.1 Å². The van der Waals surface area contributed by atoms with Gasteiger partial charge in [0.15, 0.2) is 0 Å². The lowest BCUT2D eigenvalue weighted by Crippen LogP contribution is -2.15. The highest BCUT2D eigenvalue weighted by Gasteiger charge is 2.16. The van der Waals surface area contributed by atoms with Crippen LogP contribution in [0.15, 0.2) is 60.7 Å². The maximum atomic E-state index is 12.7. The highest BCUT2D eigenvalue weighted by Crippen LogP contribution is 2.29. The van der Waals surface area contributed by atoms with E-state index in [1.807, 2.05) is 43.3 Å². The number of amides is 1. The summed E-state index contributed by atoms with van der Waals surface area (Å²) in [6.07, 6.45) is 0. The molecule has 0 saturated carbocycles. The Morgan fingerprint density at radius 2 is 1.96 bits per heavy atom. The third kappa shape index (κ3) is 3.63. The predicted octanol–water partition coefficient (Wildman–Crippen LogP) is 4.62. The monoisotopic (exact) mass is 392 g/mol. The van der Waals surface area contributed by atoms with Crippen LogP contribution in [-0.4, -0.2) is 20.6 Å². The molecule has 0 unspecified atom stereocenters. The fourth-order valence-electron chi connectivity index (χ4n) is 2.96. The maximum absolute atomic E-state index is 12.7.